The number of aliphatic imine (C=N–C) groups is 1. The number of nitrogens with one attached hydrogen (secondary N) is 1. The normalized spacial score (nSPS) is 15.4. The highest BCUT2D eigenvalue weighted by molar-refractivity contribution is 8.18. The molecule has 4 aromatic rings. The van der Waals surface area contributed by atoms with E-state index in [9.17, 15) is 4.79 Å². The molecule has 180 valence electrons. The number of fused-ring (bicyclic) bond motifs is 1. The largest absolute Gasteiger partial charge is 0.494 e. The van der Waals surface area contributed by atoms with Crippen molar-refractivity contribution in [2.24, 2.45) is 4.99 Å². The lowest BCUT2D eigenvalue weighted by Gasteiger charge is -2.13. The van der Waals surface area contributed by atoms with Gasteiger partial charge in [0.25, 0.3) is 5.91 Å². The van der Waals surface area contributed by atoms with Crippen molar-refractivity contribution < 1.29 is 14.3 Å². The van der Waals surface area contributed by atoms with Crippen molar-refractivity contribution in [3.63, 3.8) is 0 Å². The van der Waals surface area contributed by atoms with Gasteiger partial charge in [-0.15, -0.1) is 0 Å². The van der Waals surface area contributed by atoms with E-state index in [0.717, 1.165) is 39.1 Å². The fourth-order valence-electron chi connectivity index (χ4n) is 3.91. The maximum Gasteiger partial charge on any atom is 0.264 e. The molecule has 1 aliphatic rings. The van der Waals surface area contributed by atoms with Crippen LogP contribution in [0.2, 0.25) is 0 Å². The summed E-state index contributed by atoms with van der Waals surface area (Å²) in [5.41, 5.74) is 3.92. The third kappa shape index (κ3) is 5.44. The second-order valence-electron chi connectivity index (χ2n) is 8.38. The van der Waals surface area contributed by atoms with Gasteiger partial charge in [-0.05, 0) is 78.4 Å². The second-order valence-corrected chi connectivity index (χ2v) is 9.41. The standard InChI is InChI=1S/C30H26N2O3S/c1-3-34-24-15-13-23(14-16-24)31-30-32-29(33)28(36-30)18-26-25-7-5-4-6-22(25)12-17-27(26)35-19-21-10-8-20(2)9-11-21/h4-18H,3,19H2,1-2H3,(H,31,32,33)/b28-18+. The molecule has 0 aromatic heterocycles. The summed E-state index contributed by atoms with van der Waals surface area (Å²) in [5, 5.41) is 5.52. The minimum absolute atomic E-state index is 0.179. The van der Waals surface area contributed by atoms with Crippen LogP contribution < -0.4 is 14.8 Å². The monoisotopic (exact) mass is 494 g/mol. The first-order valence-corrected chi connectivity index (χ1v) is 12.6. The van der Waals surface area contributed by atoms with Crippen molar-refractivity contribution >= 4 is 45.4 Å². The number of carbonyl (C=O) groups excluding carboxylic acids is 1. The predicted molar refractivity (Wildman–Crippen MR) is 148 cm³/mol. The Hall–Kier alpha value is -4.03. The van der Waals surface area contributed by atoms with Crippen LogP contribution in [0.5, 0.6) is 11.5 Å². The highest BCUT2D eigenvalue weighted by Gasteiger charge is 2.25. The van der Waals surface area contributed by atoms with Gasteiger partial charge >= 0.3 is 0 Å². The number of amidine groups is 1. The molecule has 0 unspecified atom stereocenters. The number of hydrogen-bond donors (Lipinski definition) is 1. The van der Waals surface area contributed by atoms with Crippen LogP contribution >= 0.6 is 11.8 Å². The molecule has 36 heavy (non-hydrogen) atoms. The SMILES string of the molecule is CCOc1ccc(N=C2NC(=O)/C(=C\c3c(OCc4ccc(C)cc4)ccc4ccccc34)S2)cc1. The van der Waals surface area contributed by atoms with Crippen molar-refractivity contribution in [3.05, 3.63) is 107 Å². The van der Waals surface area contributed by atoms with E-state index in [0.29, 0.717) is 23.3 Å². The van der Waals surface area contributed by atoms with Crippen LogP contribution in [0.25, 0.3) is 16.8 Å². The summed E-state index contributed by atoms with van der Waals surface area (Å²) in [6.07, 6.45) is 1.90. The zero-order chi connectivity index (χ0) is 24.9. The second kappa shape index (κ2) is 10.7. The number of carbonyl (C=O) groups is 1. The first-order valence-electron chi connectivity index (χ1n) is 11.8. The smallest absolute Gasteiger partial charge is 0.264 e. The van der Waals surface area contributed by atoms with Crippen molar-refractivity contribution in [1.82, 2.24) is 5.32 Å². The Kier molecular flexibility index (Phi) is 7.05. The van der Waals surface area contributed by atoms with E-state index >= 15 is 0 Å². The highest BCUT2D eigenvalue weighted by Crippen LogP contribution is 2.35. The van der Waals surface area contributed by atoms with Gasteiger partial charge in [0, 0.05) is 5.56 Å². The maximum atomic E-state index is 12.8. The Labute approximate surface area is 214 Å². The van der Waals surface area contributed by atoms with E-state index in [1.54, 1.807) is 0 Å². The van der Waals surface area contributed by atoms with Crippen LogP contribution in [0.3, 0.4) is 0 Å². The molecule has 6 heteroatoms. The number of amides is 1. The first-order chi connectivity index (χ1) is 17.6. The third-order valence-electron chi connectivity index (χ3n) is 5.75. The highest BCUT2D eigenvalue weighted by atomic mass is 32.2. The molecular weight excluding hydrogens is 468 g/mol. The molecule has 0 radical (unpaired) electrons. The third-order valence-corrected chi connectivity index (χ3v) is 6.66. The van der Waals surface area contributed by atoms with E-state index in [1.807, 2.05) is 67.6 Å². The van der Waals surface area contributed by atoms with Crippen molar-refractivity contribution in [1.29, 1.82) is 0 Å². The van der Waals surface area contributed by atoms with Gasteiger partial charge in [-0.3, -0.25) is 4.79 Å². The topological polar surface area (TPSA) is 59.9 Å². The summed E-state index contributed by atoms with van der Waals surface area (Å²) >= 11 is 1.32. The van der Waals surface area contributed by atoms with Crippen molar-refractivity contribution in [3.8, 4) is 11.5 Å². The number of ether oxygens (including phenoxy) is 2. The molecular formula is C30H26N2O3S. The number of thioether (sulfide) groups is 1. The Bertz CT molecular complexity index is 1460. The first kappa shape index (κ1) is 23.7. The quantitative estimate of drug-likeness (QED) is 0.281. The number of rotatable bonds is 7. The van der Waals surface area contributed by atoms with Gasteiger partial charge in [-0.2, -0.15) is 0 Å². The zero-order valence-corrected chi connectivity index (χ0v) is 21.0. The lowest BCUT2D eigenvalue weighted by molar-refractivity contribution is -0.115. The van der Waals surface area contributed by atoms with E-state index in [-0.39, 0.29) is 5.91 Å². The summed E-state index contributed by atoms with van der Waals surface area (Å²) in [7, 11) is 0. The van der Waals surface area contributed by atoms with Gasteiger partial charge in [-0.1, -0.05) is 60.2 Å². The van der Waals surface area contributed by atoms with Gasteiger partial charge in [-0.25, -0.2) is 4.99 Å². The predicted octanol–water partition coefficient (Wildman–Crippen LogP) is 7.02. The molecule has 1 N–H and O–H groups in total. The number of hydrogen-bond acceptors (Lipinski definition) is 5. The molecule has 0 bridgehead atoms. The van der Waals surface area contributed by atoms with Gasteiger partial charge in [0.15, 0.2) is 5.17 Å². The van der Waals surface area contributed by atoms with Crippen molar-refractivity contribution in [2.75, 3.05) is 6.61 Å². The maximum absolute atomic E-state index is 12.8. The van der Waals surface area contributed by atoms with E-state index in [4.69, 9.17) is 9.47 Å². The molecule has 1 heterocycles. The Morgan fingerprint density at radius 3 is 2.47 bits per heavy atom. The van der Waals surface area contributed by atoms with Gasteiger partial charge in [0.1, 0.15) is 18.1 Å². The molecule has 4 aromatic carbocycles. The van der Waals surface area contributed by atoms with Gasteiger partial charge in [0.2, 0.25) is 0 Å². The fourth-order valence-corrected chi connectivity index (χ4v) is 4.73. The molecule has 0 spiro atoms. The summed E-state index contributed by atoms with van der Waals surface area (Å²) < 4.78 is 11.7. The molecule has 1 fully saturated rings. The average Bonchev–Trinajstić information content (AvgIpc) is 3.24. The minimum Gasteiger partial charge on any atom is -0.494 e. The van der Waals surface area contributed by atoms with Gasteiger partial charge in [0.05, 0.1) is 17.2 Å². The Morgan fingerprint density at radius 2 is 1.69 bits per heavy atom. The zero-order valence-electron chi connectivity index (χ0n) is 20.2. The number of nitrogens with zero attached hydrogens (tertiary/aromatic N) is 1. The molecule has 0 atom stereocenters. The number of aryl methyl sites for hydroxylation is 1. The Balaban J connectivity index is 1.43. The molecule has 5 rings (SSSR count). The van der Waals surface area contributed by atoms with Crippen LogP contribution in [0.4, 0.5) is 5.69 Å². The molecule has 1 aliphatic heterocycles. The van der Waals surface area contributed by atoms with E-state index in [2.05, 4.69) is 47.6 Å². The molecule has 5 nitrogen and oxygen atoms in total. The van der Waals surface area contributed by atoms with Crippen LogP contribution in [0, 0.1) is 6.92 Å². The Morgan fingerprint density at radius 1 is 0.917 bits per heavy atom. The van der Waals surface area contributed by atoms with E-state index < -0.39 is 0 Å². The summed E-state index contributed by atoms with van der Waals surface area (Å²) in [5.74, 6) is 1.34. The van der Waals surface area contributed by atoms with Crippen LogP contribution in [-0.4, -0.2) is 17.7 Å². The fraction of sp³-hybridized carbons (Fsp3) is 0.133. The summed E-state index contributed by atoms with van der Waals surface area (Å²) in [4.78, 5) is 18.0. The summed E-state index contributed by atoms with van der Waals surface area (Å²) in [6.45, 7) is 5.06. The summed E-state index contributed by atoms with van der Waals surface area (Å²) in [6, 6.07) is 27.9. The molecule has 0 aliphatic carbocycles. The van der Waals surface area contributed by atoms with Gasteiger partial charge < -0.3 is 14.8 Å². The average molecular weight is 495 g/mol. The van der Waals surface area contributed by atoms with Crippen molar-refractivity contribution in [2.45, 2.75) is 20.5 Å². The van der Waals surface area contributed by atoms with Crippen LogP contribution in [0.1, 0.15) is 23.6 Å². The molecule has 1 amide bonds. The lowest BCUT2D eigenvalue weighted by atomic mass is 10.0. The lowest BCUT2D eigenvalue weighted by Crippen LogP contribution is -2.19. The van der Waals surface area contributed by atoms with Crippen LogP contribution in [-0.2, 0) is 11.4 Å². The minimum atomic E-state index is -0.179. The van der Waals surface area contributed by atoms with Crippen LogP contribution in [0.15, 0.2) is 94.8 Å². The van der Waals surface area contributed by atoms with E-state index in [1.165, 1.54) is 17.3 Å². The number of benzene rings is 4. The molecule has 0 saturated carbocycles. The molecule has 1 saturated heterocycles.